The summed E-state index contributed by atoms with van der Waals surface area (Å²) < 4.78 is 28.1. The van der Waals surface area contributed by atoms with E-state index in [1.807, 2.05) is 19.9 Å². The topological polar surface area (TPSA) is 144 Å². The van der Waals surface area contributed by atoms with Gasteiger partial charge in [-0.25, -0.2) is 8.42 Å². The molecule has 0 atom stereocenters. The van der Waals surface area contributed by atoms with E-state index in [0.717, 1.165) is 29.3 Å². The summed E-state index contributed by atoms with van der Waals surface area (Å²) in [4.78, 5) is 35.1. The van der Waals surface area contributed by atoms with Crippen molar-refractivity contribution in [3.63, 3.8) is 0 Å². The maximum absolute atomic E-state index is 13.4. The molecule has 2 aromatic rings. The van der Waals surface area contributed by atoms with Gasteiger partial charge in [-0.1, -0.05) is 6.07 Å². The van der Waals surface area contributed by atoms with E-state index in [2.05, 4.69) is 0 Å². The summed E-state index contributed by atoms with van der Waals surface area (Å²) in [5.74, 6) is -0.627. The third-order valence-corrected chi connectivity index (χ3v) is 8.17. The van der Waals surface area contributed by atoms with Crippen molar-refractivity contribution in [2.45, 2.75) is 32.6 Å². The Kier molecular flexibility index (Phi) is 6.52. The number of aryl methyl sites for hydroxylation is 2. The van der Waals surface area contributed by atoms with Crippen molar-refractivity contribution in [3.05, 3.63) is 72.3 Å². The number of sulfonamides is 1. The molecule has 176 valence electrons. The minimum atomic E-state index is -3.80. The molecule has 0 aromatic heterocycles. The zero-order chi connectivity index (χ0) is 24.7. The van der Waals surface area contributed by atoms with Crippen LogP contribution in [-0.4, -0.2) is 59.6 Å². The van der Waals surface area contributed by atoms with Gasteiger partial charge in [0, 0.05) is 38.3 Å². The smallest absolute Gasteiger partial charge is 0.277 e. The quantitative estimate of drug-likeness (QED) is 0.476. The fourth-order valence-electron chi connectivity index (χ4n) is 3.94. The fraction of sp³-hybridized carbons (Fsp3) is 0.381. The van der Waals surface area contributed by atoms with E-state index < -0.39 is 37.2 Å². The molecule has 3 rings (SSSR count). The number of piperazine rings is 1. The molecule has 0 N–H and O–H groups in total. The van der Waals surface area contributed by atoms with E-state index in [1.165, 1.54) is 9.21 Å². The van der Waals surface area contributed by atoms with Gasteiger partial charge in [-0.3, -0.25) is 25.0 Å². The predicted octanol–water partition coefficient (Wildman–Crippen LogP) is 2.88. The zero-order valence-electron chi connectivity index (χ0n) is 18.7. The molecule has 0 saturated carbocycles. The Balaban J connectivity index is 1.84. The Bertz CT molecular complexity index is 1210. The highest BCUT2D eigenvalue weighted by Crippen LogP contribution is 2.30. The van der Waals surface area contributed by atoms with Gasteiger partial charge in [0.2, 0.25) is 10.0 Å². The first-order valence-corrected chi connectivity index (χ1v) is 11.6. The van der Waals surface area contributed by atoms with Crippen LogP contribution >= 0.6 is 0 Å². The molecule has 0 unspecified atom stereocenters. The Morgan fingerprint density at radius 3 is 1.70 bits per heavy atom. The number of hydrogen-bond donors (Lipinski definition) is 0. The van der Waals surface area contributed by atoms with Gasteiger partial charge in [-0.15, -0.1) is 0 Å². The first kappa shape index (κ1) is 24.3. The van der Waals surface area contributed by atoms with Crippen molar-refractivity contribution in [2.24, 2.45) is 0 Å². The largest absolute Gasteiger partial charge is 0.336 e. The fourth-order valence-corrected chi connectivity index (χ4v) is 5.94. The lowest BCUT2D eigenvalue weighted by Gasteiger charge is -2.34. The zero-order valence-corrected chi connectivity index (χ0v) is 19.5. The standard InChI is InChI=1S/C21H24N4O7S/c1-13-9-14(2)16(4)20(15(13)3)33(31,32)23-7-5-22(6-8-23)21(26)17-10-18(24(27)28)12-19(11-17)25(29)30/h9-12H,5-8H2,1-4H3. The molecule has 12 heteroatoms. The molecular weight excluding hydrogens is 452 g/mol. The summed E-state index contributed by atoms with van der Waals surface area (Å²) in [5.41, 5.74) is 1.80. The highest BCUT2D eigenvalue weighted by Gasteiger charge is 2.33. The summed E-state index contributed by atoms with van der Waals surface area (Å²) in [6, 6.07) is 4.70. The number of nitrogens with zero attached hydrogens (tertiary/aromatic N) is 4. The second kappa shape index (κ2) is 8.87. The lowest BCUT2D eigenvalue weighted by molar-refractivity contribution is -0.394. The summed E-state index contributed by atoms with van der Waals surface area (Å²) in [6.45, 7) is 7.43. The molecule has 1 aliphatic rings. The van der Waals surface area contributed by atoms with Crippen molar-refractivity contribution in [2.75, 3.05) is 26.2 Å². The number of hydrogen-bond acceptors (Lipinski definition) is 7. The molecule has 1 fully saturated rings. The summed E-state index contributed by atoms with van der Waals surface area (Å²) in [5, 5.41) is 22.2. The number of rotatable bonds is 5. The molecule has 0 aliphatic carbocycles. The van der Waals surface area contributed by atoms with Gasteiger partial charge in [0.1, 0.15) is 0 Å². The number of nitro groups is 2. The maximum Gasteiger partial charge on any atom is 0.277 e. The van der Waals surface area contributed by atoms with Crippen molar-refractivity contribution < 1.29 is 23.1 Å². The number of nitro benzene ring substituents is 2. The Labute approximate surface area is 191 Å². The van der Waals surface area contributed by atoms with Crippen molar-refractivity contribution >= 4 is 27.3 Å². The Hall–Kier alpha value is -3.38. The molecule has 1 aliphatic heterocycles. The molecule has 1 heterocycles. The van der Waals surface area contributed by atoms with Crippen molar-refractivity contribution in [1.82, 2.24) is 9.21 Å². The third kappa shape index (κ3) is 4.57. The van der Waals surface area contributed by atoms with Crippen LogP contribution in [0.5, 0.6) is 0 Å². The van der Waals surface area contributed by atoms with Crippen LogP contribution in [0.25, 0.3) is 0 Å². The minimum Gasteiger partial charge on any atom is -0.336 e. The van der Waals surface area contributed by atoms with Crippen LogP contribution in [0.1, 0.15) is 32.6 Å². The third-order valence-electron chi connectivity index (χ3n) is 5.99. The highest BCUT2D eigenvalue weighted by atomic mass is 32.2. The summed E-state index contributed by atoms with van der Waals surface area (Å²) in [6.07, 6.45) is 0. The molecule has 2 aromatic carbocycles. The normalized spacial score (nSPS) is 14.8. The monoisotopic (exact) mass is 476 g/mol. The average molecular weight is 477 g/mol. The first-order valence-electron chi connectivity index (χ1n) is 10.1. The summed E-state index contributed by atoms with van der Waals surface area (Å²) in [7, 11) is -3.80. The Morgan fingerprint density at radius 1 is 0.818 bits per heavy atom. The molecule has 0 spiro atoms. The van der Waals surface area contributed by atoms with E-state index in [0.29, 0.717) is 11.1 Å². The van der Waals surface area contributed by atoms with Gasteiger partial charge < -0.3 is 4.90 Å². The molecule has 0 radical (unpaired) electrons. The van der Waals surface area contributed by atoms with E-state index in [9.17, 15) is 33.4 Å². The van der Waals surface area contributed by atoms with Crippen LogP contribution in [0.15, 0.2) is 29.2 Å². The first-order chi connectivity index (χ1) is 15.3. The second-order valence-corrected chi connectivity index (χ2v) is 9.91. The molecule has 0 bridgehead atoms. The van der Waals surface area contributed by atoms with Gasteiger partial charge in [0.15, 0.2) is 0 Å². The van der Waals surface area contributed by atoms with Crippen LogP contribution in [-0.2, 0) is 10.0 Å². The molecule has 33 heavy (non-hydrogen) atoms. The molecule has 1 saturated heterocycles. The minimum absolute atomic E-state index is 0.0387. The predicted molar refractivity (Wildman–Crippen MR) is 120 cm³/mol. The van der Waals surface area contributed by atoms with Gasteiger partial charge in [-0.05, 0) is 49.9 Å². The van der Waals surface area contributed by atoms with Crippen LogP contribution in [0.2, 0.25) is 0 Å². The van der Waals surface area contributed by atoms with Crippen LogP contribution in [0.4, 0.5) is 11.4 Å². The van der Waals surface area contributed by atoms with E-state index in [-0.39, 0.29) is 36.6 Å². The van der Waals surface area contributed by atoms with Gasteiger partial charge in [0.05, 0.1) is 26.4 Å². The molecular formula is C21H24N4O7S. The number of carbonyl (C=O) groups excluding carboxylic acids is 1. The Morgan fingerprint density at radius 2 is 1.27 bits per heavy atom. The van der Waals surface area contributed by atoms with E-state index in [4.69, 9.17) is 0 Å². The lowest BCUT2D eigenvalue weighted by atomic mass is 10.0. The average Bonchev–Trinajstić information content (AvgIpc) is 2.77. The highest BCUT2D eigenvalue weighted by molar-refractivity contribution is 7.89. The SMILES string of the molecule is Cc1cc(C)c(C)c(S(=O)(=O)N2CCN(C(=O)c3cc([N+](=O)[O-])cc([N+](=O)[O-])c3)CC2)c1C. The van der Waals surface area contributed by atoms with Gasteiger partial charge >= 0.3 is 0 Å². The van der Waals surface area contributed by atoms with Crippen LogP contribution < -0.4 is 0 Å². The lowest BCUT2D eigenvalue weighted by Crippen LogP contribution is -2.50. The van der Waals surface area contributed by atoms with E-state index in [1.54, 1.807) is 13.8 Å². The van der Waals surface area contributed by atoms with Gasteiger partial charge in [0.25, 0.3) is 17.3 Å². The number of benzene rings is 2. The van der Waals surface area contributed by atoms with E-state index >= 15 is 0 Å². The molecule has 1 amide bonds. The summed E-state index contributed by atoms with van der Waals surface area (Å²) >= 11 is 0. The van der Waals surface area contributed by atoms with Crippen LogP contribution in [0.3, 0.4) is 0 Å². The van der Waals surface area contributed by atoms with Crippen molar-refractivity contribution in [3.8, 4) is 0 Å². The molecule has 11 nitrogen and oxygen atoms in total. The maximum atomic E-state index is 13.4. The number of carbonyl (C=O) groups is 1. The van der Waals surface area contributed by atoms with Crippen LogP contribution in [0, 0.1) is 47.9 Å². The number of amides is 1. The second-order valence-electron chi connectivity index (χ2n) is 8.04. The van der Waals surface area contributed by atoms with Gasteiger partial charge in [-0.2, -0.15) is 4.31 Å². The number of non-ortho nitro benzene ring substituents is 2. The van der Waals surface area contributed by atoms with Crippen molar-refractivity contribution in [1.29, 1.82) is 0 Å².